The van der Waals surface area contributed by atoms with E-state index in [0.717, 1.165) is 30.6 Å². The molecule has 5 nitrogen and oxygen atoms in total. The van der Waals surface area contributed by atoms with Gasteiger partial charge in [-0.25, -0.2) is 9.59 Å². The normalized spacial score (nSPS) is 26.8. The van der Waals surface area contributed by atoms with E-state index in [1.54, 1.807) is 6.92 Å². The van der Waals surface area contributed by atoms with Crippen LogP contribution in [-0.4, -0.2) is 36.4 Å². The summed E-state index contributed by atoms with van der Waals surface area (Å²) in [5.41, 5.74) is 0.416. The maximum Gasteiger partial charge on any atom is 0.336 e. The summed E-state index contributed by atoms with van der Waals surface area (Å²) in [4.78, 5) is 24.1. The summed E-state index contributed by atoms with van der Waals surface area (Å²) >= 11 is 0. The van der Waals surface area contributed by atoms with Crippen LogP contribution in [0.3, 0.4) is 0 Å². The highest BCUT2D eigenvalue weighted by atomic mass is 16.5. The first-order valence-electron chi connectivity index (χ1n) is 13.6. The van der Waals surface area contributed by atoms with Crippen molar-refractivity contribution in [2.75, 3.05) is 13.2 Å². The van der Waals surface area contributed by atoms with Crippen LogP contribution in [0.25, 0.3) is 0 Å². The van der Waals surface area contributed by atoms with Crippen LogP contribution in [0.2, 0.25) is 0 Å². The van der Waals surface area contributed by atoms with Crippen molar-refractivity contribution in [3.05, 3.63) is 24.3 Å². The lowest BCUT2D eigenvalue weighted by atomic mass is 9.67. The third-order valence-corrected chi connectivity index (χ3v) is 8.23. The summed E-state index contributed by atoms with van der Waals surface area (Å²) in [5.74, 6) is 1.90. The number of hydrogen-bond donors (Lipinski definition) is 1. The van der Waals surface area contributed by atoms with Gasteiger partial charge in [-0.15, -0.1) is 0 Å². The van der Waals surface area contributed by atoms with E-state index < -0.39 is 18.0 Å². The van der Waals surface area contributed by atoms with Gasteiger partial charge < -0.3 is 14.6 Å². The fourth-order valence-corrected chi connectivity index (χ4v) is 5.79. The molecule has 1 N–H and O–H groups in total. The van der Waals surface area contributed by atoms with E-state index >= 15 is 0 Å². The van der Waals surface area contributed by atoms with Gasteiger partial charge in [-0.05, 0) is 76.0 Å². The molecule has 0 spiro atoms. The number of hydrogen-bond acceptors (Lipinski definition) is 5. The molecule has 2 fully saturated rings. The molecule has 5 heteroatoms. The van der Waals surface area contributed by atoms with Crippen molar-refractivity contribution >= 4 is 11.9 Å². The summed E-state index contributed by atoms with van der Waals surface area (Å²) in [6, 6.07) is 0. The molecule has 2 aliphatic rings. The zero-order valence-corrected chi connectivity index (χ0v) is 21.9. The summed E-state index contributed by atoms with van der Waals surface area (Å²) in [5, 5.41) is 9.59. The lowest BCUT2D eigenvalue weighted by Crippen LogP contribution is -2.33. The summed E-state index contributed by atoms with van der Waals surface area (Å²) in [6.45, 7) is 13.1. The van der Waals surface area contributed by atoms with Crippen LogP contribution in [0, 0.1) is 29.6 Å². The van der Waals surface area contributed by atoms with Gasteiger partial charge in [0.2, 0.25) is 0 Å². The second-order valence-electron chi connectivity index (χ2n) is 10.9. The predicted molar refractivity (Wildman–Crippen MR) is 136 cm³/mol. The summed E-state index contributed by atoms with van der Waals surface area (Å²) in [6.07, 6.45) is 14.7. The highest BCUT2D eigenvalue weighted by Gasteiger charge is 2.34. The quantitative estimate of drug-likeness (QED) is 0.189. The smallest absolute Gasteiger partial charge is 0.336 e. The number of ether oxygens (including phenoxy) is 2. The van der Waals surface area contributed by atoms with Gasteiger partial charge in [-0.3, -0.25) is 0 Å². The van der Waals surface area contributed by atoms with Gasteiger partial charge in [0.15, 0.2) is 0 Å². The first-order valence-corrected chi connectivity index (χ1v) is 13.6. The summed E-state index contributed by atoms with van der Waals surface area (Å²) < 4.78 is 10.9. The Hall–Kier alpha value is -1.62. The van der Waals surface area contributed by atoms with E-state index in [2.05, 4.69) is 20.1 Å². The Kier molecular flexibility index (Phi) is 12.4. The van der Waals surface area contributed by atoms with Gasteiger partial charge >= 0.3 is 11.9 Å². The van der Waals surface area contributed by atoms with Crippen molar-refractivity contribution in [3.63, 3.8) is 0 Å². The molecule has 0 radical (unpaired) electrons. The van der Waals surface area contributed by atoms with Gasteiger partial charge in [0.05, 0.1) is 24.9 Å². The van der Waals surface area contributed by atoms with Gasteiger partial charge in [0.1, 0.15) is 0 Å². The van der Waals surface area contributed by atoms with E-state index in [4.69, 9.17) is 9.47 Å². The first-order chi connectivity index (χ1) is 16.2. The molecule has 0 aliphatic heterocycles. The number of carbonyl (C=O) groups is 2. The van der Waals surface area contributed by atoms with Crippen LogP contribution < -0.4 is 0 Å². The molecular weight excluding hydrogens is 428 g/mol. The summed E-state index contributed by atoms with van der Waals surface area (Å²) in [7, 11) is 0. The van der Waals surface area contributed by atoms with Crippen molar-refractivity contribution in [1.29, 1.82) is 0 Å². The number of aliphatic hydroxyl groups is 1. The average Bonchev–Trinajstić information content (AvgIpc) is 2.83. The van der Waals surface area contributed by atoms with Crippen LogP contribution in [0.4, 0.5) is 0 Å². The molecule has 2 unspecified atom stereocenters. The van der Waals surface area contributed by atoms with Gasteiger partial charge in [-0.1, -0.05) is 58.6 Å². The zero-order chi connectivity index (χ0) is 25.1. The van der Waals surface area contributed by atoms with Gasteiger partial charge in [-0.2, -0.15) is 0 Å². The molecule has 0 saturated heterocycles. The first kappa shape index (κ1) is 28.6. The highest BCUT2D eigenvalue weighted by molar-refractivity contribution is 5.88. The number of rotatable bonds is 13. The number of aliphatic hydroxyl groups excluding tert-OH is 1. The van der Waals surface area contributed by atoms with E-state index in [1.807, 2.05) is 0 Å². The van der Waals surface area contributed by atoms with E-state index in [1.165, 1.54) is 71.1 Å². The second kappa shape index (κ2) is 14.7. The minimum Gasteiger partial charge on any atom is -0.462 e. The Morgan fingerprint density at radius 1 is 0.882 bits per heavy atom. The molecule has 2 atom stereocenters. The molecule has 0 heterocycles. The Balaban J connectivity index is 1.85. The highest BCUT2D eigenvalue weighted by Crippen LogP contribution is 2.43. The van der Waals surface area contributed by atoms with Crippen molar-refractivity contribution in [2.45, 2.75) is 104 Å². The van der Waals surface area contributed by atoms with Gasteiger partial charge in [0, 0.05) is 11.5 Å². The Bertz CT molecular complexity index is 666. The molecule has 194 valence electrons. The Labute approximate surface area is 207 Å². The maximum absolute atomic E-state index is 12.2. The fraction of sp³-hybridized carbons (Fsp3) is 0.793. The molecule has 0 bridgehead atoms. The van der Waals surface area contributed by atoms with Crippen LogP contribution >= 0.6 is 0 Å². The number of esters is 2. The Morgan fingerprint density at radius 2 is 1.41 bits per heavy atom. The lowest BCUT2D eigenvalue weighted by Gasteiger charge is -2.39. The molecule has 0 aromatic carbocycles. The SMILES string of the molecule is C=C(C)C(=O)OCC(COC(=O)C(=C)C(C)O)C1CCC(C2CCC(CCCCC)CC2)CC1. The zero-order valence-electron chi connectivity index (χ0n) is 21.9. The second-order valence-corrected chi connectivity index (χ2v) is 10.9. The topological polar surface area (TPSA) is 72.8 Å². The number of unbranched alkanes of at least 4 members (excludes halogenated alkanes) is 2. The molecule has 2 rings (SSSR count). The molecule has 0 amide bonds. The van der Waals surface area contributed by atoms with Crippen LogP contribution in [0.1, 0.15) is 97.8 Å². The van der Waals surface area contributed by atoms with Crippen LogP contribution in [-0.2, 0) is 19.1 Å². The number of carbonyl (C=O) groups excluding carboxylic acids is 2. The van der Waals surface area contributed by atoms with Gasteiger partial charge in [0.25, 0.3) is 0 Å². The van der Waals surface area contributed by atoms with E-state index in [-0.39, 0.29) is 24.7 Å². The van der Waals surface area contributed by atoms with E-state index in [0.29, 0.717) is 11.5 Å². The van der Waals surface area contributed by atoms with Crippen molar-refractivity contribution < 1.29 is 24.2 Å². The molecule has 34 heavy (non-hydrogen) atoms. The predicted octanol–water partition coefficient (Wildman–Crippen LogP) is 6.40. The van der Waals surface area contributed by atoms with Crippen molar-refractivity contribution in [3.8, 4) is 0 Å². The Morgan fingerprint density at radius 3 is 1.91 bits per heavy atom. The van der Waals surface area contributed by atoms with Crippen molar-refractivity contribution in [1.82, 2.24) is 0 Å². The largest absolute Gasteiger partial charge is 0.462 e. The molecule has 2 aliphatic carbocycles. The molecule has 0 aromatic heterocycles. The standard InChI is InChI=1S/C29H48O5/c1-6-7-8-9-23-10-12-24(13-11-23)25-14-16-26(17-15-25)27(18-33-28(31)20(2)3)19-34-29(32)21(4)22(5)30/h22-27,30H,2,4,6-19H2,1,3,5H3. The monoisotopic (exact) mass is 476 g/mol. The maximum atomic E-state index is 12.2. The molecule has 0 aromatic rings. The molecule has 2 saturated carbocycles. The van der Waals surface area contributed by atoms with Crippen molar-refractivity contribution in [2.24, 2.45) is 29.6 Å². The minimum absolute atomic E-state index is 0.0479. The molecular formula is C29H48O5. The lowest BCUT2D eigenvalue weighted by molar-refractivity contribution is -0.146. The average molecular weight is 477 g/mol. The minimum atomic E-state index is -0.940. The van der Waals surface area contributed by atoms with Crippen LogP contribution in [0.15, 0.2) is 24.3 Å². The third-order valence-electron chi connectivity index (χ3n) is 8.23. The fourth-order valence-electron chi connectivity index (χ4n) is 5.79. The third kappa shape index (κ3) is 9.20. The van der Waals surface area contributed by atoms with E-state index in [9.17, 15) is 14.7 Å². The van der Waals surface area contributed by atoms with Crippen LogP contribution in [0.5, 0.6) is 0 Å².